The quantitative estimate of drug-likeness (QED) is 0.0566. The van der Waals surface area contributed by atoms with Crippen LogP contribution in [0.4, 0.5) is 0 Å². The lowest BCUT2D eigenvalue weighted by atomic mass is 9.96. The molecule has 358 valence electrons. The third-order valence-electron chi connectivity index (χ3n) is 10.7. The van der Waals surface area contributed by atoms with Crippen LogP contribution in [0.2, 0.25) is 0 Å². The van der Waals surface area contributed by atoms with E-state index in [2.05, 4.69) is 31.9 Å². The molecule has 1 aliphatic heterocycles. The van der Waals surface area contributed by atoms with Crippen LogP contribution in [0.1, 0.15) is 92.1 Å². The molecule has 1 fully saturated rings. The number of carbonyl (C=O) groups excluding carboxylic acids is 7. The zero-order valence-electron chi connectivity index (χ0n) is 37.8. The summed E-state index contributed by atoms with van der Waals surface area (Å²) in [5, 5.41) is 44.2. The summed E-state index contributed by atoms with van der Waals surface area (Å²) < 4.78 is 0. The Kier molecular flexibility index (Phi) is 23.1. The lowest BCUT2D eigenvalue weighted by Gasteiger charge is -2.33. The van der Waals surface area contributed by atoms with Crippen molar-refractivity contribution in [3.63, 3.8) is 0 Å². The van der Waals surface area contributed by atoms with Gasteiger partial charge in [0.15, 0.2) is 0 Å². The highest BCUT2D eigenvalue weighted by molar-refractivity contribution is 7.98. The predicted octanol–water partition coefficient (Wildman–Crippen LogP) is 0.244. The van der Waals surface area contributed by atoms with Gasteiger partial charge in [0.05, 0.1) is 19.0 Å². The first-order valence-electron chi connectivity index (χ1n) is 21.6. The van der Waals surface area contributed by atoms with E-state index in [0.717, 1.165) is 0 Å². The molecule has 1 aliphatic rings. The Labute approximate surface area is 378 Å². The number of amides is 7. The summed E-state index contributed by atoms with van der Waals surface area (Å²) >= 11 is 1.40. The molecule has 11 N–H and O–H groups in total. The minimum absolute atomic E-state index is 0.0243. The van der Waals surface area contributed by atoms with Crippen molar-refractivity contribution in [1.29, 1.82) is 0 Å². The second-order valence-corrected chi connectivity index (χ2v) is 18.0. The van der Waals surface area contributed by atoms with Crippen LogP contribution in [0.15, 0.2) is 24.3 Å². The first-order chi connectivity index (χ1) is 30.1. The van der Waals surface area contributed by atoms with E-state index in [0.29, 0.717) is 24.2 Å². The molecule has 7 amide bonds. The van der Waals surface area contributed by atoms with E-state index in [1.165, 1.54) is 28.8 Å². The monoisotopic (exact) mass is 920 g/mol. The van der Waals surface area contributed by atoms with Gasteiger partial charge in [0.25, 0.3) is 0 Å². The molecule has 0 aromatic heterocycles. The Bertz CT molecular complexity index is 1780. The minimum atomic E-state index is -1.42. The van der Waals surface area contributed by atoms with Crippen molar-refractivity contribution in [1.82, 2.24) is 36.8 Å². The maximum absolute atomic E-state index is 14.2. The zero-order chi connectivity index (χ0) is 48.3. The molecule has 20 nitrogen and oxygen atoms in total. The van der Waals surface area contributed by atoms with Crippen LogP contribution >= 0.6 is 11.8 Å². The van der Waals surface area contributed by atoms with Gasteiger partial charge in [-0.1, -0.05) is 60.1 Å². The number of nitrogens with one attached hydrogen (secondary N) is 6. The number of aromatic hydroxyl groups is 1. The Morgan fingerprint density at radius 1 is 0.781 bits per heavy atom. The summed E-state index contributed by atoms with van der Waals surface area (Å²) in [5.74, 6) is -7.69. The van der Waals surface area contributed by atoms with Crippen LogP contribution < -0.4 is 37.6 Å². The highest BCUT2D eigenvalue weighted by Crippen LogP contribution is 2.23. The summed E-state index contributed by atoms with van der Waals surface area (Å²) in [6, 6.07) is -2.40. The number of rotatable bonds is 27. The normalized spacial score (nSPS) is 16.9. The van der Waals surface area contributed by atoms with Gasteiger partial charge in [-0.3, -0.25) is 38.4 Å². The summed E-state index contributed by atoms with van der Waals surface area (Å²) in [6.07, 6.45) is 2.70. The fourth-order valence-corrected chi connectivity index (χ4v) is 7.50. The summed E-state index contributed by atoms with van der Waals surface area (Å²) in [4.78, 5) is 119. The van der Waals surface area contributed by atoms with Crippen LogP contribution in [0, 0.1) is 17.8 Å². The van der Waals surface area contributed by atoms with E-state index in [4.69, 9.17) is 10.8 Å². The number of aliphatic carboxylic acids is 2. The van der Waals surface area contributed by atoms with E-state index >= 15 is 0 Å². The number of carbonyl (C=O) groups is 9. The molecule has 21 heteroatoms. The second-order valence-electron chi connectivity index (χ2n) is 17.0. The van der Waals surface area contributed by atoms with E-state index in [9.17, 15) is 53.4 Å². The summed E-state index contributed by atoms with van der Waals surface area (Å²) in [5.41, 5.74) is 6.24. The molecule has 0 bridgehead atoms. The fourth-order valence-electron chi connectivity index (χ4n) is 7.03. The third-order valence-corrected chi connectivity index (χ3v) is 11.3. The highest BCUT2D eigenvalue weighted by atomic mass is 32.2. The van der Waals surface area contributed by atoms with Crippen molar-refractivity contribution in [2.75, 3.05) is 25.1 Å². The predicted molar refractivity (Wildman–Crippen MR) is 238 cm³/mol. The van der Waals surface area contributed by atoms with Gasteiger partial charge in [-0.15, -0.1) is 0 Å². The number of nitrogens with zero attached hydrogens (tertiary/aromatic N) is 1. The van der Waals surface area contributed by atoms with Gasteiger partial charge in [-0.25, -0.2) is 4.79 Å². The Hall–Kier alpha value is -5.44. The average Bonchev–Trinajstić information content (AvgIpc) is 3.72. The van der Waals surface area contributed by atoms with Crippen molar-refractivity contribution in [2.45, 2.75) is 135 Å². The molecule has 2 rings (SSSR count). The summed E-state index contributed by atoms with van der Waals surface area (Å²) in [7, 11) is 0. The molecule has 0 aliphatic carbocycles. The molecule has 1 aromatic carbocycles. The smallest absolute Gasteiger partial charge is 0.326 e. The Morgan fingerprint density at radius 2 is 1.38 bits per heavy atom. The van der Waals surface area contributed by atoms with Gasteiger partial charge in [0, 0.05) is 13.0 Å². The van der Waals surface area contributed by atoms with Gasteiger partial charge in [0.2, 0.25) is 41.4 Å². The number of carboxylic acids is 2. The van der Waals surface area contributed by atoms with Crippen LogP contribution in [0.3, 0.4) is 0 Å². The van der Waals surface area contributed by atoms with Gasteiger partial charge in [-0.05, 0) is 79.6 Å². The van der Waals surface area contributed by atoms with Crippen LogP contribution in [0.5, 0.6) is 5.75 Å². The van der Waals surface area contributed by atoms with Gasteiger partial charge in [-0.2, -0.15) is 11.8 Å². The third kappa shape index (κ3) is 18.3. The molecule has 64 heavy (non-hydrogen) atoms. The number of hydrogen-bond donors (Lipinski definition) is 10. The molecule has 1 heterocycles. The molecular formula is C43H68N8O12S. The van der Waals surface area contributed by atoms with E-state index in [1.807, 2.05) is 20.8 Å². The van der Waals surface area contributed by atoms with E-state index < -0.39 is 114 Å². The molecule has 0 unspecified atom stereocenters. The first kappa shape index (κ1) is 54.7. The number of thioether (sulfide) groups is 1. The zero-order valence-corrected chi connectivity index (χ0v) is 38.6. The van der Waals surface area contributed by atoms with Crippen LogP contribution in [0.25, 0.3) is 0 Å². The van der Waals surface area contributed by atoms with Gasteiger partial charge in [0.1, 0.15) is 42.0 Å². The fraction of sp³-hybridized carbons (Fsp3) is 0.651. The molecule has 0 saturated carbocycles. The standard InChI is InChI=1S/C43H68N8O12S/c1-8-25(6)36(42(61)51-16-9-10-33(51)41(60)49-32(43(62)63)19-24(4)5)50-40(59)31(20-26-11-13-27(52)14-12-26)46-34(53)22-45-38(57)29(15-17-64-7)47-39(58)30(18-23(2)3)48-37(56)28(44)21-35(54)55/h11-14,23-25,28-33,36,52H,8-10,15-22,44H2,1-7H3,(H,45,57)(H,46,53)(H,47,58)(H,48,56)(H,49,60)(H,50,59)(H,54,55)(H,62,63)/t25-,28-,29-,30-,31-,32-,33-,36-/m0/s1. The van der Waals surface area contributed by atoms with Crippen molar-refractivity contribution in [3.05, 3.63) is 29.8 Å². The Balaban J connectivity index is 2.29. The van der Waals surface area contributed by atoms with Crippen LogP contribution in [-0.2, 0) is 49.6 Å². The van der Waals surface area contributed by atoms with Crippen molar-refractivity contribution in [3.8, 4) is 5.75 Å². The number of benzene rings is 1. The molecule has 1 saturated heterocycles. The molecule has 0 radical (unpaired) electrons. The number of carboxylic acid groups (broad SMARTS) is 2. The number of phenols is 1. The molecule has 1 aromatic rings. The van der Waals surface area contributed by atoms with Crippen molar-refractivity contribution >= 4 is 65.1 Å². The second kappa shape index (κ2) is 27.0. The lowest BCUT2D eigenvalue weighted by Crippen LogP contribution is -2.60. The molecular weight excluding hydrogens is 853 g/mol. The number of nitrogens with two attached hydrogens (primary N) is 1. The highest BCUT2D eigenvalue weighted by Gasteiger charge is 2.41. The van der Waals surface area contributed by atoms with E-state index in [1.54, 1.807) is 39.2 Å². The number of likely N-dealkylation sites (tertiary alicyclic amines) is 1. The molecule has 0 spiro atoms. The number of phenolic OH excluding ortho intramolecular Hbond substituents is 1. The topological polar surface area (TPSA) is 316 Å². The first-order valence-corrected chi connectivity index (χ1v) is 23.0. The Morgan fingerprint density at radius 3 is 1.94 bits per heavy atom. The largest absolute Gasteiger partial charge is 0.508 e. The maximum atomic E-state index is 14.2. The van der Waals surface area contributed by atoms with Gasteiger partial charge >= 0.3 is 11.9 Å². The molecule has 8 atom stereocenters. The maximum Gasteiger partial charge on any atom is 0.326 e. The average molecular weight is 921 g/mol. The van der Waals surface area contributed by atoms with Crippen molar-refractivity contribution in [2.24, 2.45) is 23.5 Å². The SMILES string of the molecule is CC[C@H](C)[C@H](NC(=O)[C@H](Cc1ccc(O)cc1)NC(=O)CNC(=O)[C@H](CCSC)NC(=O)[C@H](CC(C)C)NC(=O)[C@@H](N)CC(=O)O)C(=O)N1CCC[C@H]1C(=O)N[C@@H](CC(C)C)C(=O)O. The van der Waals surface area contributed by atoms with E-state index in [-0.39, 0.29) is 56.2 Å². The lowest BCUT2D eigenvalue weighted by molar-refractivity contribution is -0.145. The number of hydrogen-bond acceptors (Lipinski definition) is 12. The van der Waals surface area contributed by atoms with Crippen LogP contribution in [-0.4, -0.2) is 141 Å². The summed E-state index contributed by atoms with van der Waals surface area (Å²) in [6.45, 7) is 10.4. The van der Waals surface area contributed by atoms with Crippen molar-refractivity contribution < 1.29 is 58.5 Å². The minimum Gasteiger partial charge on any atom is -0.508 e. The van der Waals surface area contributed by atoms with Gasteiger partial charge < -0.3 is 57.9 Å².